The quantitative estimate of drug-likeness (QED) is 0.473. The van der Waals surface area contributed by atoms with Crippen LogP contribution in [0.15, 0.2) is 0 Å². The maximum Gasteiger partial charge on any atom is 0 e. The molecule has 0 bridgehead atoms. The molecule has 0 spiro atoms. The molecule has 0 saturated carbocycles. The second-order valence-electron chi connectivity index (χ2n) is 0. The molecule has 0 aromatic heterocycles. The molecule has 0 aliphatic carbocycles. The van der Waals surface area contributed by atoms with Gasteiger partial charge in [-0.05, 0) is 0 Å². The Balaban J connectivity index is -0.00000000762. The summed E-state index contributed by atoms with van der Waals surface area (Å²) < 4.78 is 0. The van der Waals surface area contributed by atoms with Crippen LogP contribution in [0.3, 0.4) is 0 Å². The first-order valence-corrected chi connectivity index (χ1v) is 3.07. The third kappa shape index (κ3) is 248. The van der Waals surface area contributed by atoms with Crippen molar-refractivity contribution in [1.82, 2.24) is 0 Å². The summed E-state index contributed by atoms with van der Waals surface area (Å²) >= 11 is 3.28. The summed E-state index contributed by atoms with van der Waals surface area (Å²) in [4.78, 5) is 0. The Morgan fingerprint density at radius 2 is 0.667 bits per heavy atom. The Morgan fingerprint density at radius 1 is 0.667 bits per heavy atom. The van der Waals surface area contributed by atoms with Crippen molar-refractivity contribution in [2.24, 2.45) is 0 Å². The van der Waals surface area contributed by atoms with Crippen molar-refractivity contribution in [3.05, 3.63) is 27.0 Å². The zero-order valence-electron chi connectivity index (χ0n) is 6.85. The minimum absolute atomic E-state index is 0. The van der Waals surface area contributed by atoms with E-state index < -0.39 is 0 Å². The molecule has 0 heterocycles. The summed E-state index contributed by atoms with van der Waals surface area (Å²) in [6.45, 7) is 15.0. The van der Waals surface area contributed by atoms with Crippen molar-refractivity contribution < 1.29 is 32.7 Å². The van der Waals surface area contributed by atoms with Crippen molar-refractivity contribution in [3.8, 4) is 0 Å². The zero-order chi connectivity index (χ0) is 8.00. The van der Waals surface area contributed by atoms with Gasteiger partial charge in [0, 0.05) is 32.7 Å². The number of hydrogen-bond acceptors (Lipinski definition) is 1. The van der Waals surface area contributed by atoms with Crippen LogP contribution in [0.1, 0.15) is 20.8 Å². The summed E-state index contributed by atoms with van der Waals surface area (Å²) in [7, 11) is 0. The van der Waals surface area contributed by atoms with Gasteiger partial charge in [0.2, 0.25) is 0 Å². The van der Waals surface area contributed by atoms with E-state index in [4.69, 9.17) is 0 Å². The Morgan fingerprint density at radius 3 is 0.667 bits per heavy atom. The summed E-state index contributed by atoms with van der Waals surface area (Å²) in [5.74, 6) is 0. The molecule has 2 heteroatoms. The maximum absolute atomic E-state index is 3.28. The fraction of sp³-hybridized carbons (Fsp3) is 0.429. The predicted octanol–water partition coefficient (Wildman–Crippen LogP) is 3.23. The van der Waals surface area contributed by atoms with E-state index in [0.29, 0.717) is 0 Å². The van der Waals surface area contributed by atoms with E-state index in [9.17, 15) is 0 Å². The average molecular weight is 223 g/mol. The van der Waals surface area contributed by atoms with Gasteiger partial charge in [0.15, 0.2) is 0 Å². The first-order valence-electron chi connectivity index (χ1n) is 2.44. The fourth-order valence-corrected chi connectivity index (χ4v) is 0. The van der Waals surface area contributed by atoms with E-state index in [1.165, 1.54) is 0 Å². The molecule has 0 aliphatic rings. The van der Waals surface area contributed by atoms with Crippen LogP contribution in [0.25, 0.3) is 0 Å². The van der Waals surface area contributed by atoms with Crippen molar-refractivity contribution in [1.29, 1.82) is 0 Å². The molecule has 0 rings (SSSR count). The van der Waals surface area contributed by atoms with Gasteiger partial charge >= 0.3 is 0 Å². The van der Waals surface area contributed by atoms with E-state index in [2.05, 4.69) is 39.7 Å². The Hall–Kier alpha value is 1.45. The van der Waals surface area contributed by atoms with Crippen LogP contribution in [0.2, 0.25) is 0 Å². The summed E-state index contributed by atoms with van der Waals surface area (Å²) in [6, 6.07) is 0. The first-order chi connectivity index (χ1) is 4.00. The van der Waals surface area contributed by atoms with E-state index in [1.807, 2.05) is 0 Å². The van der Waals surface area contributed by atoms with Crippen molar-refractivity contribution in [3.63, 3.8) is 0 Å². The number of thiol groups is 1. The topological polar surface area (TPSA) is 0 Å². The van der Waals surface area contributed by atoms with Gasteiger partial charge in [0.25, 0.3) is 0 Å². The summed E-state index contributed by atoms with van der Waals surface area (Å²) in [6.07, 6.45) is 2.94. The molecular weight excluding hydrogens is 205 g/mol. The molecule has 0 unspecified atom stereocenters. The van der Waals surface area contributed by atoms with Crippen LogP contribution < -0.4 is 0 Å². The van der Waals surface area contributed by atoms with Gasteiger partial charge in [-0.25, -0.2) is 0 Å². The van der Waals surface area contributed by atoms with Crippen molar-refractivity contribution in [2.45, 2.75) is 20.8 Å². The van der Waals surface area contributed by atoms with Gasteiger partial charge in [-0.2, -0.15) is 20.8 Å². The Kier molecular flexibility index (Phi) is 1120. The molecule has 59 valence electrons. The molecule has 0 saturated heterocycles. The predicted molar refractivity (Wildman–Crippen MR) is 47.4 cm³/mol. The standard InChI is InChI=1S/3C2H5.CH3S.Y/c4*1-2;/h3*1H2,2H3;2H,1H2;/q4*-1;. The van der Waals surface area contributed by atoms with Crippen LogP contribution in [0.4, 0.5) is 0 Å². The average Bonchev–Trinajstić information content (AvgIpc) is 2.03. The molecule has 0 N–H and O–H groups in total. The summed E-state index contributed by atoms with van der Waals surface area (Å²) in [5.41, 5.74) is 0. The van der Waals surface area contributed by atoms with Crippen molar-refractivity contribution >= 4 is 12.6 Å². The molecule has 0 amide bonds. The van der Waals surface area contributed by atoms with E-state index in [0.717, 1.165) is 0 Å². The maximum atomic E-state index is 3.28. The molecule has 0 aromatic carbocycles. The van der Waals surface area contributed by atoms with Gasteiger partial charge in [0.1, 0.15) is 0 Å². The van der Waals surface area contributed by atoms with Gasteiger partial charge in [0.05, 0.1) is 0 Å². The van der Waals surface area contributed by atoms with Gasteiger partial charge in [-0.3, -0.25) is 6.26 Å². The molecule has 0 fully saturated rings. The molecule has 0 aromatic rings. The van der Waals surface area contributed by atoms with Gasteiger partial charge in [-0.1, -0.05) is 0 Å². The number of hydrogen-bond donors (Lipinski definition) is 1. The largest absolute Gasteiger partial charge is 0.372 e. The number of rotatable bonds is 0. The minimum Gasteiger partial charge on any atom is -0.372 e. The van der Waals surface area contributed by atoms with Gasteiger partial charge in [-0.15, -0.1) is 0 Å². The van der Waals surface area contributed by atoms with Crippen LogP contribution in [-0.2, 0) is 32.7 Å². The van der Waals surface area contributed by atoms with Gasteiger partial charge < -0.3 is 33.4 Å². The third-order valence-electron chi connectivity index (χ3n) is 0. The zero-order valence-corrected chi connectivity index (χ0v) is 10.6. The molecule has 1 radical (unpaired) electrons. The van der Waals surface area contributed by atoms with Crippen LogP contribution in [0.5, 0.6) is 0 Å². The Labute approximate surface area is 92.5 Å². The molecule has 0 atom stereocenters. The summed E-state index contributed by atoms with van der Waals surface area (Å²) in [5, 5.41) is 0. The normalized spacial score (nSPS) is 2.67. The smallest absolute Gasteiger partial charge is 0 e. The van der Waals surface area contributed by atoms with Crippen LogP contribution >= 0.6 is 12.6 Å². The minimum atomic E-state index is 0. The molecule has 0 aliphatic heterocycles. The molecule has 0 nitrogen and oxygen atoms in total. The fourth-order valence-electron chi connectivity index (χ4n) is 0. The second-order valence-corrected chi connectivity index (χ2v) is 0. The Bertz CT molecular complexity index is 8.88. The molecule has 9 heavy (non-hydrogen) atoms. The van der Waals surface area contributed by atoms with Crippen LogP contribution in [-0.4, -0.2) is 0 Å². The van der Waals surface area contributed by atoms with E-state index >= 15 is 0 Å². The van der Waals surface area contributed by atoms with E-state index in [-0.39, 0.29) is 32.7 Å². The van der Waals surface area contributed by atoms with E-state index in [1.54, 1.807) is 20.8 Å². The monoisotopic (exact) mass is 223 g/mol. The third-order valence-corrected chi connectivity index (χ3v) is 0. The van der Waals surface area contributed by atoms with Crippen LogP contribution in [0, 0.1) is 27.0 Å². The first kappa shape index (κ1) is 31.4. The molecular formula is C7H18SY-4. The second kappa shape index (κ2) is 320. The SMILES string of the molecule is [CH2-]C.[CH2-]C.[CH2-]C.[CH2-]S.[Y]. The van der Waals surface area contributed by atoms with Crippen molar-refractivity contribution in [2.75, 3.05) is 0 Å².